The van der Waals surface area contributed by atoms with Crippen LogP contribution in [0.5, 0.6) is 5.75 Å². The molecule has 4 rings (SSSR count). The highest BCUT2D eigenvalue weighted by Gasteiger charge is 2.36. The van der Waals surface area contributed by atoms with Crippen molar-refractivity contribution in [3.63, 3.8) is 0 Å². The van der Waals surface area contributed by atoms with Gasteiger partial charge >= 0.3 is 5.97 Å². The summed E-state index contributed by atoms with van der Waals surface area (Å²) in [4.78, 5) is 28.0. The second-order valence-electron chi connectivity index (χ2n) is 10.7. The summed E-state index contributed by atoms with van der Waals surface area (Å²) in [5.41, 5.74) is 7.26. The second-order valence-corrected chi connectivity index (χ2v) is 10.7. The Kier molecular flexibility index (Phi) is 7.16. The van der Waals surface area contributed by atoms with Gasteiger partial charge in [-0.05, 0) is 87.1 Å². The molecule has 1 heterocycles. The predicted molar refractivity (Wildman–Crippen MR) is 144 cm³/mol. The number of aliphatic carboxylic acids is 1. The van der Waals surface area contributed by atoms with Crippen LogP contribution in [0.2, 0.25) is 0 Å². The first-order chi connectivity index (χ1) is 17.4. The Morgan fingerprint density at radius 3 is 2.08 bits per heavy atom. The molecule has 37 heavy (non-hydrogen) atoms. The SMILES string of the molecule is COc1ccccc1C(=O)N1Cc2c(C)c(-c3ccc(C)cc3)c([C@H](OC(C)(C)C)C(=O)O)c(C)c2C1. The summed E-state index contributed by atoms with van der Waals surface area (Å²) in [7, 11) is 1.56. The number of carboxylic acids is 1. The molecule has 0 fully saturated rings. The second kappa shape index (κ2) is 10.0. The Bertz CT molecular complexity index is 1350. The van der Waals surface area contributed by atoms with Crippen LogP contribution in [0.4, 0.5) is 0 Å². The van der Waals surface area contributed by atoms with Crippen molar-refractivity contribution in [2.24, 2.45) is 0 Å². The van der Waals surface area contributed by atoms with Crippen molar-refractivity contribution in [1.82, 2.24) is 4.90 Å². The van der Waals surface area contributed by atoms with Crippen LogP contribution in [0, 0.1) is 20.8 Å². The Hall–Kier alpha value is -3.64. The fourth-order valence-electron chi connectivity index (χ4n) is 5.16. The summed E-state index contributed by atoms with van der Waals surface area (Å²) in [6, 6.07) is 15.3. The molecule has 0 spiro atoms. The Morgan fingerprint density at radius 2 is 1.51 bits per heavy atom. The maximum Gasteiger partial charge on any atom is 0.337 e. The van der Waals surface area contributed by atoms with E-state index in [1.807, 2.05) is 77.9 Å². The van der Waals surface area contributed by atoms with Crippen LogP contribution in [0.15, 0.2) is 48.5 Å². The van der Waals surface area contributed by atoms with E-state index in [-0.39, 0.29) is 5.91 Å². The van der Waals surface area contributed by atoms with Crippen LogP contribution in [-0.4, -0.2) is 34.6 Å². The first-order valence-corrected chi connectivity index (χ1v) is 12.5. The molecule has 3 aromatic carbocycles. The Morgan fingerprint density at radius 1 is 0.919 bits per heavy atom. The number of hydrogen-bond acceptors (Lipinski definition) is 4. The summed E-state index contributed by atoms with van der Waals surface area (Å²) in [5.74, 6) is -0.625. The van der Waals surface area contributed by atoms with Gasteiger partial charge in [0.15, 0.2) is 6.10 Å². The van der Waals surface area contributed by atoms with E-state index in [1.54, 1.807) is 24.1 Å². The number of rotatable bonds is 6. The first kappa shape index (κ1) is 26.4. The van der Waals surface area contributed by atoms with Crippen LogP contribution in [0.1, 0.15) is 70.6 Å². The number of carbonyl (C=O) groups is 2. The van der Waals surface area contributed by atoms with Gasteiger partial charge in [0.25, 0.3) is 5.91 Å². The zero-order valence-electron chi connectivity index (χ0n) is 22.6. The number of benzene rings is 3. The number of para-hydroxylation sites is 1. The maximum absolute atomic E-state index is 13.6. The number of hydrogen-bond donors (Lipinski definition) is 1. The van der Waals surface area contributed by atoms with E-state index >= 15 is 0 Å². The normalized spacial score (nSPS) is 13.9. The minimum Gasteiger partial charge on any atom is -0.496 e. The van der Waals surface area contributed by atoms with E-state index in [0.717, 1.165) is 38.9 Å². The highest BCUT2D eigenvalue weighted by atomic mass is 16.5. The molecule has 1 amide bonds. The number of amides is 1. The average molecular weight is 502 g/mol. The fraction of sp³-hybridized carbons (Fsp3) is 0.355. The molecule has 0 aliphatic carbocycles. The van der Waals surface area contributed by atoms with Crippen LogP contribution < -0.4 is 4.74 Å². The number of fused-ring (bicyclic) bond motifs is 1. The third kappa shape index (κ3) is 5.12. The lowest BCUT2D eigenvalue weighted by Crippen LogP contribution is -2.28. The van der Waals surface area contributed by atoms with Crippen molar-refractivity contribution in [3.05, 3.63) is 87.5 Å². The molecule has 1 N–H and O–H groups in total. The van der Waals surface area contributed by atoms with E-state index in [9.17, 15) is 14.7 Å². The third-order valence-electron chi connectivity index (χ3n) is 6.94. The summed E-state index contributed by atoms with van der Waals surface area (Å²) in [6.45, 7) is 12.4. The number of nitrogens with zero attached hydrogens (tertiary/aromatic N) is 1. The largest absolute Gasteiger partial charge is 0.496 e. The zero-order valence-corrected chi connectivity index (χ0v) is 22.6. The van der Waals surface area contributed by atoms with Crippen molar-refractivity contribution in [3.8, 4) is 16.9 Å². The predicted octanol–water partition coefficient (Wildman–Crippen LogP) is 6.38. The van der Waals surface area contributed by atoms with Crippen molar-refractivity contribution in [2.75, 3.05) is 7.11 Å². The van der Waals surface area contributed by atoms with Gasteiger partial charge in [-0.1, -0.05) is 42.0 Å². The zero-order chi connectivity index (χ0) is 27.1. The summed E-state index contributed by atoms with van der Waals surface area (Å²) >= 11 is 0. The van der Waals surface area contributed by atoms with E-state index in [0.29, 0.717) is 30.0 Å². The van der Waals surface area contributed by atoms with Gasteiger partial charge in [-0.15, -0.1) is 0 Å². The van der Waals surface area contributed by atoms with E-state index in [1.165, 1.54) is 0 Å². The van der Waals surface area contributed by atoms with Crippen LogP contribution in [0.25, 0.3) is 11.1 Å². The highest BCUT2D eigenvalue weighted by Crippen LogP contribution is 2.44. The third-order valence-corrected chi connectivity index (χ3v) is 6.94. The van der Waals surface area contributed by atoms with Crippen LogP contribution in [0.3, 0.4) is 0 Å². The summed E-state index contributed by atoms with van der Waals surface area (Å²) in [6.07, 6.45) is -1.15. The molecule has 194 valence electrons. The number of aryl methyl sites for hydroxylation is 1. The van der Waals surface area contributed by atoms with Gasteiger partial charge in [-0.2, -0.15) is 0 Å². The number of carboxylic acid groups (broad SMARTS) is 1. The molecule has 0 saturated heterocycles. The smallest absolute Gasteiger partial charge is 0.337 e. The molecule has 0 saturated carbocycles. The van der Waals surface area contributed by atoms with Crippen molar-refractivity contribution in [1.29, 1.82) is 0 Å². The maximum atomic E-state index is 13.6. The Balaban J connectivity index is 1.90. The summed E-state index contributed by atoms with van der Waals surface area (Å²) < 4.78 is 11.6. The van der Waals surface area contributed by atoms with E-state index < -0.39 is 17.7 Å². The standard InChI is InChI=1S/C31H35NO5/c1-18-12-14-21(15-13-18)26-19(2)23-16-32(29(33)22-10-8-9-11-25(22)36-7)17-24(23)20(3)27(26)28(30(34)35)37-31(4,5)6/h8-15,28H,16-17H2,1-7H3,(H,34,35)/t28-/m0/s1. The lowest BCUT2D eigenvalue weighted by molar-refractivity contribution is -0.160. The molecule has 0 unspecified atom stereocenters. The van der Waals surface area contributed by atoms with E-state index in [4.69, 9.17) is 9.47 Å². The van der Waals surface area contributed by atoms with Crippen molar-refractivity contribution >= 4 is 11.9 Å². The molecular formula is C31H35NO5. The number of carbonyl (C=O) groups excluding carboxylic acids is 1. The van der Waals surface area contributed by atoms with Gasteiger partial charge in [0, 0.05) is 18.7 Å². The summed E-state index contributed by atoms with van der Waals surface area (Å²) in [5, 5.41) is 10.3. The van der Waals surface area contributed by atoms with Gasteiger partial charge in [-0.25, -0.2) is 4.79 Å². The highest BCUT2D eigenvalue weighted by molar-refractivity contribution is 5.97. The molecule has 1 atom stereocenters. The van der Waals surface area contributed by atoms with Gasteiger partial charge in [0.05, 0.1) is 18.3 Å². The topological polar surface area (TPSA) is 76.1 Å². The molecule has 0 aromatic heterocycles. The van der Waals surface area contributed by atoms with Gasteiger partial charge in [0.1, 0.15) is 5.75 Å². The van der Waals surface area contributed by atoms with Gasteiger partial charge in [-0.3, -0.25) is 4.79 Å². The van der Waals surface area contributed by atoms with Gasteiger partial charge < -0.3 is 19.5 Å². The van der Waals surface area contributed by atoms with Crippen molar-refractivity contribution < 1.29 is 24.2 Å². The minimum atomic E-state index is -1.15. The molecule has 1 aliphatic heterocycles. The number of methoxy groups -OCH3 is 1. The molecule has 1 aliphatic rings. The Labute approximate surface area is 218 Å². The number of ether oxygens (including phenoxy) is 2. The lowest BCUT2D eigenvalue weighted by Gasteiger charge is -2.29. The molecule has 0 bridgehead atoms. The molecule has 0 radical (unpaired) electrons. The van der Waals surface area contributed by atoms with E-state index in [2.05, 4.69) is 0 Å². The first-order valence-electron chi connectivity index (χ1n) is 12.5. The van der Waals surface area contributed by atoms with Crippen LogP contribution >= 0.6 is 0 Å². The quantitative estimate of drug-likeness (QED) is 0.424. The average Bonchev–Trinajstić information content (AvgIpc) is 3.31. The molecule has 6 nitrogen and oxygen atoms in total. The monoisotopic (exact) mass is 501 g/mol. The molecule has 6 heteroatoms. The van der Waals surface area contributed by atoms with Crippen LogP contribution in [-0.2, 0) is 22.6 Å². The van der Waals surface area contributed by atoms with Gasteiger partial charge in [0.2, 0.25) is 0 Å². The van der Waals surface area contributed by atoms with Crippen molar-refractivity contribution in [2.45, 2.75) is 66.3 Å². The lowest BCUT2D eigenvalue weighted by atomic mass is 9.83. The fourth-order valence-corrected chi connectivity index (χ4v) is 5.16. The minimum absolute atomic E-state index is 0.119. The molecule has 3 aromatic rings. The molecular weight excluding hydrogens is 466 g/mol.